The number of carboxylic acids is 1. The lowest BCUT2D eigenvalue weighted by atomic mass is 9.90. The maximum Gasteiger partial charge on any atom is 0.336 e. The second-order valence-corrected chi connectivity index (χ2v) is 5.73. The van der Waals surface area contributed by atoms with Gasteiger partial charge in [0, 0.05) is 19.6 Å². The maximum atomic E-state index is 11.5. The molecule has 0 aromatic heterocycles. The second-order valence-electron chi connectivity index (χ2n) is 5.73. The third kappa shape index (κ3) is 3.58. The van der Waals surface area contributed by atoms with E-state index in [2.05, 4.69) is 17.0 Å². The summed E-state index contributed by atoms with van der Waals surface area (Å²) in [5, 5.41) is 9.47. The number of nitrogens with zero attached hydrogens (tertiary/aromatic N) is 1. The summed E-state index contributed by atoms with van der Waals surface area (Å²) < 4.78 is 5.71. The van der Waals surface area contributed by atoms with Gasteiger partial charge >= 0.3 is 5.97 Å². The molecule has 1 N–H and O–H groups in total. The van der Waals surface area contributed by atoms with Crippen molar-refractivity contribution >= 4 is 5.97 Å². The van der Waals surface area contributed by atoms with Crippen molar-refractivity contribution in [3.63, 3.8) is 0 Å². The number of rotatable bonds is 5. The molecule has 4 heteroatoms. The van der Waals surface area contributed by atoms with Crippen LogP contribution in [0, 0.1) is 0 Å². The molecule has 0 atom stereocenters. The van der Waals surface area contributed by atoms with Crippen LogP contribution in [0.4, 0.5) is 0 Å². The fourth-order valence-corrected chi connectivity index (χ4v) is 2.75. The number of piperidine rings is 1. The van der Waals surface area contributed by atoms with Gasteiger partial charge in [-0.3, -0.25) is 4.90 Å². The Bertz CT molecular complexity index is 436. The summed E-state index contributed by atoms with van der Waals surface area (Å²) in [6.07, 6.45) is 1.03. The quantitative estimate of drug-likeness (QED) is 0.898. The standard InChI is InChI=1S/C16H23NO3/c1-13(2)20-16(15(18)19)8-10-17(11-9-16)12-14-6-4-3-5-7-14/h3-7,13H,8-12H2,1-2H3,(H,18,19). The van der Waals surface area contributed by atoms with Gasteiger partial charge in [0.05, 0.1) is 6.10 Å². The van der Waals surface area contributed by atoms with Crippen LogP contribution in [0.2, 0.25) is 0 Å². The number of ether oxygens (including phenoxy) is 1. The van der Waals surface area contributed by atoms with Crippen LogP contribution in [0.1, 0.15) is 32.3 Å². The highest BCUT2D eigenvalue weighted by Crippen LogP contribution is 2.29. The van der Waals surface area contributed by atoms with Gasteiger partial charge < -0.3 is 9.84 Å². The summed E-state index contributed by atoms with van der Waals surface area (Å²) in [5.74, 6) is -0.828. The summed E-state index contributed by atoms with van der Waals surface area (Å²) in [4.78, 5) is 13.8. The Hall–Kier alpha value is -1.39. The van der Waals surface area contributed by atoms with Crippen molar-refractivity contribution in [3.05, 3.63) is 35.9 Å². The van der Waals surface area contributed by atoms with Crippen LogP contribution < -0.4 is 0 Å². The van der Waals surface area contributed by atoms with Crippen molar-refractivity contribution in [2.75, 3.05) is 13.1 Å². The molecule has 0 saturated carbocycles. The lowest BCUT2D eigenvalue weighted by Gasteiger charge is -2.39. The summed E-state index contributed by atoms with van der Waals surface area (Å²) in [7, 11) is 0. The van der Waals surface area contributed by atoms with E-state index in [1.54, 1.807) is 0 Å². The molecule has 0 radical (unpaired) electrons. The van der Waals surface area contributed by atoms with Crippen LogP contribution in [-0.4, -0.2) is 40.8 Å². The average molecular weight is 277 g/mol. The Labute approximate surface area is 120 Å². The number of hydrogen-bond acceptors (Lipinski definition) is 3. The van der Waals surface area contributed by atoms with Crippen molar-refractivity contribution in [1.29, 1.82) is 0 Å². The fraction of sp³-hybridized carbons (Fsp3) is 0.562. The largest absolute Gasteiger partial charge is 0.479 e. The highest BCUT2D eigenvalue weighted by Gasteiger charge is 2.43. The van der Waals surface area contributed by atoms with Crippen molar-refractivity contribution < 1.29 is 14.6 Å². The molecule has 0 bridgehead atoms. The molecule has 1 aliphatic rings. The lowest BCUT2D eigenvalue weighted by Crippen LogP contribution is -2.52. The average Bonchev–Trinajstić information content (AvgIpc) is 2.41. The first kappa shape index (κ1) is 15.0. The number of aliphatic carboxylic acids is 1. The number of carboxylic acid groups (broad SMARTS) is 1. The lowest BCUT2D eigenvalue weighted by molar-refractivity contribution is -0.180. The maximum absolute atomic E-state index is 11.5. The summed E-state index contributed by atoms with van der Waals surface area (Å²) in [5.41, 5.74) is 0.265. The van der Waals surface area contributed by atoms with Gasteiger partial charge in [0.25, 0.3) is 0 Å². The number of carbonyl (C=O) groups is 1. The van der Waals surface area contributed by atoms with Gasteiger partial charge in [-0.2, -0.15) is 0 Å². The van der Waals surface area contributed by atoms with Crippen LogP contribution in [0.3, 0.4) is 0 Å². The van der Waals surface area contributed by atoms with Crippen LogP contribution in [0.25, 0.3) is 0 Å². The van der Waals surface area contributed by atoms with Crippen molar-refractivity contribution in [3.8, 4) is 0 Å². The summed E-state index contributed by atoms with van der Waals surface area (Å²) in [6.45, 7) is 6.17. The van der Waals surface area contributed by atoms with E-state index < -0.39 is 11.6 Å². The van der Waals surface area contributed by atoms with E-state index in [-0.39, 0.29) is 6.10 Å². The predicted octanol–water partition coefficient (Wildman–Crippen LogP) is 2.53. The molecule has 0 unspecified atom stereocenters. The fourth-order valence-electron chi connectivity index (χ4n) is 2.75. The van der Waals surface area contributed by atoms with Gasteiger partial charge in [-0.15, -0.1) is 0 Å². The van der Waals surface area contributed by atoms with Crippen LogP contribution >= 0.6 is 0 Å². The Morgan fingerprint density at radius 1 is 1.30 bits per heavy atom. The zero-order valence-electron chi connectivity index (χ0n) is 12.2. The molecule has 20 heavy (non-hydrogen) atoms. The van der Waals surface area contributed by atoms with Gasteiger partial charge in [-0.25, -0.2) is 4.79 Å². The van der Waals surface area contributed by atoms with Crippen molar-refractivity contribution in [2.24, 2.45) is 0 Å². The van der Waals surface area contributed by atoms with E-state index in [9.17, 15) is 9.90 Å². The molecular formula is C16H23NO3. The van der Waals surface area contributed by atoms with Crippen molar-refractivity contribution in [2.45, 2.75) is 44.9 Å². The number of benzene rings is 1. The van der Waals surface area contributed by atoms with Gasteiger partial charge in [-0.1, -0.05) is 30.3 Å². The topological polar surface area (TPSA) is 49.8 Å². The number of likely N-dealkylation sites (tertiary alicyclic amines) is 1. The molecular weight excluding hydrogens is 254 g/mol. The Balaban J connectivity index is 1.95. The van der Waals surface area contributed by atoms with Gasteiger partial charge in [0.1, 0.15) is 0 Å². The van der Waals surface area contributed by atoms with E-state index >= 15 is 0 Å². The third-order valence-electron chi connectivity index (χ3n) is 3.76. The van der Waals surface area contributed by atoms with E-state index in [0.717, 1.165) is 19.6 Å². The molecule has 1 heterocycles. The first-order chi connectivity index (χ1) is 9.52. The van der Waals surface area contributed by atoms with Crippen LogP contribution in [-0.2, 0) is 16.1 Å². The summed E-state index contributed by atoms with van der Waals surface area (Å²) >= 11 is 0. The van der Waals surface area contributed by atoms with Gasteiger partial charge in [-0.05, 0) is 32.3 Å². The molecule has 1 aliphatic heterocycles. The molecule has 2 rings (SSSR count). The monoisotopic (exact) mass is 277 g/mol. The van der Waals surface area contributed by atoms with Crippen molar-refractivity contribution in [1.82, 2.24) is 4.90 Å². The smallest absolute Gasteiger partial charge is 0.336 e. The SMILES string of the molecule is CC(C)OC1(C(=O)O)CCN(Cc2ccccc2)CC1. The van der Waals surface area contributed by atoms with E-state index in [4.69, 9.17) is 4.74 Å². The molecule has 0 spiro atoms. The predicted molar refractivity (Wildman–Crippen MR) is 77.5 cm³/mol. The second kappa shape index (κ2) is 6.37. The normalized spacial score (nSPS) is 19.1. The minimum absolute atomic E-state index is 0.0632. The van der Waals surface area contributed by atoms with Gasteiger partial charge in [0.2, 0.25) is 0 Å². The Morgan fingerprint density at radius 2 is 1.90 bits per heavy atom. The highest BCUT2D eigenvalue weighted by atomic mass is 16.5. The highest BCUT2D eigenvalue weighted by molar-refractivity contribution is 5.77. The zero-order chi connectivity index (χ0) is 14.6. The Morgan fingerprint density at radius 3 is 2.40 bits per heavy atom. The minimum atomic E-state index is -0.999. The van der Waals surface area contributed by atoms with Gasteiger partial charge in [0.15, 0.2) is 5.60 Å². The first-order valence-corrected chi connectivity index (χ1v) is 7.19. The molecule has 0 amide bonds. The molecule has 1 saturated heterocycles. The molecule has 4 nitrogen and oxygen atoms in total. The molecule has 1 fully saturated rings. The zero-order valence-corrected chi connectivity index (χ0v) is 12.2. The molecule has 110 valence electrons. The van der Waals surface area contributed by atoms with E-state index in [1.807, 2.05) is 32.0 Å². The third-order valence-corrected chi connectivity index (χ3v) is 3.76. The van der Waals surface area contributed by atoms with Crippen LogP contribution in [0.15, 0.2) is 30.3 Å². The summed E-state index contributed by atoms with van der Waals surface area (Å²) in [6, 6.07) is 10.3. The van der Waals surface area contributed by atoms with E-state index in [0.29, 0.717) is 12.8 Å². The molecule has 0 aliphatic carbocycles. The number of hydrogen-bond donors (Lipinski definition) is 1. The van der Waals surface area contributed by atoms with E-state index in [1.165, 1.54) is 5.56 Å². The minimum Gasteiger partial charge on any atom is -0.479 e. The molecule has 1 aromatic carbocycles. The molecule has 1 aromatic rings. The first-order valence-electron chi connectivity index (χ1n) is 7.19. The van der Waals surface area contributed by atoms with Crippen LogP contribution in [0.5, 0.6) is 0 Å². The Kier molecular flexibility index (Phi) is 4.78.